The molecular weight excluding hydrogens is 451 g/mol. The quantitative estimate of drug-likeness (QED) is 0.660. The van der Waals surface area contributed by atoms with Crippen LogP contribution in [0.5, 0.6) is 11.5 Å². The first-order chi connectivity index (χ1) is 15.9. The molecule has 33 heavy (non-hydrogen) atoms. The van der Waals surface area contributed by atoms with Crippen LogP contribution in [0.15, 0.2) is 58.5 Å². The van der Waals surface area contributed by atoms with E-state index in [1.165, 1.54) is 40.7 Å². The molecular formula is C23H23FN2O6S. The summed E-state index contributed by atoms with van der Waals surface area (Å²) in [5.41, 5.74) is 2.60. The lowest BCUT2D eigenvalue weighted by molar-refractivity contribution is -0.135. The Kier molecular flexibility index (Phi) is 5.59. The number of hydrogen-bond donors (Lipinski definition) is 1. The summed E-state index contributed by atoms with van der Waals surface area (Å²) >= 11 is 0. The summed E-state index contributed by atoms with van der Waals surface area (Å²) < 4.78 is 51.4. The number of carbonyl (C=O) groups is 1. The molecule has 2 aromatic rings. The van der Waals surface area contributed by atoms with Gasteiger partial charge >= 0.3 is 0 Å². The number of benzene rings is 2. The van der Waals surface area contributed by atoms with E-state index in [4.69, 9.17) is 9.47 Å². The SMILES string of the molecule is O=C(C(CO)c1ccc(F)cc1)N1CC(=C2CN(S(=O)(=O)c3ccc4c(c3)OCCO4)C2)C1. The molecule has 0 bridgehead atoms. The molecule has 1 unspecified atom stereocenters. The molecule has 3 heterocycles. The molecule has 8 nitrogen and oxygen atoms in total. The molecule has 0 aromatic heterocycles. The number of halogens is 1. The third kappa shape index (κ3) is 3.98. The van der Waals surface area contributed by atoms with Crippen LogP contribution in [-0.4, -0.2) is 74.6 Å². The predicted molar refractivity (Wildman–Crippen MR) is 116 cm³/mol. The maximum atomic E-state index is 13.2. The lowest BCUT2D eigenvalue weighted by Gasteiger charge is -2.42. The molecule has 2 saturated heterocycles. The lowest BCUT2D eigenvalue weighted by atomic mass is 9.92. The van der Waals surface area contributed by atoms with E-state index < -0.39 is 21.8 Å². The van der Waals surface area contributed by atoms with Crippen LogP contribution in [0.2, 0.25) is 0 Å². The fraction of sp³-hybridized carbons (Fsp3) is 0.348. The summed E-state index contributed by atoms with van der Waals surface area (Å²) in [5.74, 6) is -0.416. The summed E-state index contributed by atoms with van der Waals surface area (Å²) in [5, 5.41) is 9.68. The average molecular weight is 475 g/mol. The van der Waals surface area contributed by atoms with Crippen LogP contribution < -0.4 is 9.47 Å². The Balaban J connectivity index is 1.21. The third-order valence-corrected chi connectivity index (χ3v) is 8.00. The van der Waals surface area contributed by atoms with Crippen molar-refractivity contribution in [3.05, 3.63) is 65.0 Å². The third-order valence-electron chi connectivity index (χ3n) is 6.21. The predicted octanol–water partition coefficient (Wildman–Crippen LogP) is 1.52. The highest BCUT2D eigenvalue weighted by Crippen LogP contribution is 2.36. The lowest BCUT2D eigenvalue weighted by Crippen LogP contribution is -2.52. The Hall–Kier alpha value is -2.95. The van der Waals surface area contributed by atoms with Gasteiger partial charge in [0, 0.05) is 32.2 Å². The fourth-order valence-corrected chi connectivity index (χ4v) is 5.59. The molecule has 1 N–H and O–H groups in total. The number of aliphatic hydroxyl groups excluding tert-OH is 1. The van der Waals surface area contributed by atoms with Crippen LogP contribution in [-0.2, 0) is 14.8 Å². The molecule has 3 aliphatic rings. The maximum absolute atomic E-state index is 13.2. The topological polar surface area (TPSA) is 96.4 Å². The van der Waals surface area contributed by atoms with Gasteiger partial charge in [0.1, 0.15) is 19.0 Å². The van der Waals surface area contributed by atoms with E-state index >= 15 is 0 Å². The van der Waals surface area contributed by atoms with E-state index in [0.717, 1.165) is 11.1 Å². The van der Waals surface area contributed by atoms with Crippen molar-refractivity contribution in [1.82, 2.24) is 9.21 Å². The minimum absolute atomic E-state index is 0.159. The van der Waals surface area contributed by atoms with Gasteiger partial charge in [0.25, 0.3) is 0 Å². The number of hydrogen-bond acceptors (Lipinski definition) is 6. The highest BCUT2D eigenvalue weighted by molar-refractivity contribution is 7.89. The zero-order chi connectivity index (χ0) is 23.2. The summed E-state index contributed by atoms with van der Waals surface area (Å²) in [6.45, 7) is 1.83. The van der Waals surface area contributed by atoms with Crippen LogP contribution in [0.25, 0.3) is 0 Å². The second-order valence-corrected chi connectivity index (χ2v) is 10.2. The Bertz CT molecular complexity index is 1210. The first kappa shape index (κ1) is 21.9. The van der Waals surface area contributed by atoms with E-state index in [0.29, 0.717) is 43.4 Å². The van der Waals surface area contributed by atoms with E-state index in [9.17, 15) is 22.7 Å². The van der Waals surface area contributed by atoms with Gasteiger partial charge in [0.2, 0.25) is 15.9 Å². The second-order valence-electron chi connectivity index (χ2n) is 8.27. The molecule has 1 amide bonds. The summed E-state index contributed by atoms with van der Waals surface area (Å²) in [4.78, 5) is 14.5. The molecule has 174 valence electrons. The smallest absolute Gasteiger partial charge is 0.243 e. The van der Waals surface area contributed by atoms with Crippen LogP contribution in [0.3, 0.4) is 0 Å². The van der Waals surface area contributed by atoms with Crippen LogP contribution >= 0.6 is 0 Å². The Labute approximate surface area is 190 Å². The minimum atomic E-state index is -3.65. The van der Waals surface area contributed by atoms with Crippen molar-refractivity contribution in [2.75, 3.05) is 46.0 Å². The number of sulfonamides is 1. The molecule has 1 atom stereocenters. The molecule has 0 spiro atoms. The maximum Gasteiger partial charge on any atom is 0.243 e. The highest BCUT2D eigenvalue weighted by Gasteiger charge is 2.39. The summed E-state index contributed by atoms with van der Waals surface area (Å²) in [7, 11) is -3.65. The Morgan fingerprint density at radius 1 is 0.970 bits per heavy atom. The molecule has 10 heteroatoms. The standard InChI is InChI=1S/C23H23FN2O6S/c24-18-3-1-15(2-4-18)20(14-27)23(28)25-10-16(11-25)17-12-26(13-17)33(29,30)19-5-6-21-22(9-19)32-8-7-31-21/h1-6,9,20,27H,7-8,10-14H2. The van der Waals surface area contributed by atoms with Crippen molar-refractivity contribution in [3.8, 4) is 11.5 Å². The van der Waals surface area contributed by atoms with Gasteiger partial charge in [-0.3, -0.25) is 4.79 Å². The van der Waals surface area contributed by atoms with Crippen molar-refractivity contribution in [2.24, 2.45) is 0 Å². The molecule has 5 rings (SSSR count). The number of aliphatic hydroxyl groups is 1. The van der Waals surface area contributed by atoms with Gasteiger partial charge in [0.05, 0.1) is 17.4 Å². The fourth-order valence-electron chi connectivity index (χ4n) is 4.14. The Morgan fingerprint density at radius 3 is 2.27 bits per heavy atom. The van der Waals surface area contributed by atoms with Gasteiger partial charge in [-0.05, 0) is 41.0 Å². The molecule has 0 saturated carbocycles. The monoisotopic (exact) mass is 474 g/mol. The number of rotatable bonds is 5. The normalized spacial score (nSPS) is 19.0. The van der Waals surface area contributed by atoms with Gasteiger partial charge in [-0.1, -0.05) is 12.1 Å². The molecule has 2 aromatic carbocycles. The molecule has 2 fully saturated rings. The molecule has 0 radical (unpaired) electrons. The highest BCUT2D eigenvalue weighted by atomic mass is 32.2. The van der Waals surface area contributed by atoms with Crippen molar-refractivity contribution in [3.63, 3.8) is 0 Å². The van der Waals surface area contributed by atoms with Crippen molar-refractivity contribution in [2.45, 2.75) is 10.8 Å². The van der Waals surface area contributed by atoms with Gasteiger partial charge in [-0.2, -0.15) is 4.31 Å². The number of nitrogens with zero attached hydrogens (tertiary/aromatic N) is 2. The average Bonchev–Trinajstić information content (AvgIpc) is 2.75. The Morgan fingerprint density at radius 2 is 1.61 bits per heavy atom. The van der Waals surface area contributed by atoms with E-state index in [-0.39, 0.29) is 30.5 Å². The van der Waals surface area contributed by atoms with Crippen LogP contribution in [0.4, 0.5) is 4.39 Å². The van der Waals surface area contributed by atoms with Gasteiger partial charge < -0.3 is 19.5 Å². The van der Waals surface area contributed by atoms with Crippen molar-refractivity contribution in [1.29, 1.82) is 0 Å². The zero-order valence-corrected chi connectivity index (χ0v) is 18.6. The largest absolute Gasteiger partial charge is 0.486 e. The van der Waals surface area contributed by atoms with Crippen molar-refractivity contribution >= 4 is 15.9 Å². The summed E-state index contributed by atoms with van der Waals surface area (Å²) in [6.07, 6.45) is 0. The first-order valence-electron chi connectivity index (χ1n) is 10.6. The molecule has 0 aliphatic carbocycles. The second kappa shape index (κ2) is 8.44. The first-order valence-corrected chi connectivity index (χ1v) is 12.1. The summed E-state index contributed by atoms with van der Waals surface area (Å²) in [6, 6.07) is 10.1. The van der Waals surface area contributed by atoms with Crippen LogP contribution in [0.1, 0.15) is 11.5 Å². The van der Waals surface area contributed by atoms with E-state index in [2.05, 4.69) is 0 Å². The number of likely N-dealkylation sites (tertiary alicyclic amines) is 1. The number of ether oxygens (including phenoxy) is 2. The van der Waals surface area contributed by atoms with E-state index in [1.807, 2.05) is 0 Å². The van der Waals surface area contributed by atoms with Crippen molar-refractivity contribution < 1.29 is 32.2 Å². The number of fused-ring (bicyclic) bond motifs is 1. The van der Waals surface area contributed by atoms with Gasteiger partial charge in [-0.25, -0.2) is 12.8 Å². The van der Waals surface area contributed by atoms with E-state index in [1.54, 1.807) is 11.0 Å². The molecule has 3 aliphatic heterocycles. The van der Waals surface area contributed by atoms with Crippen LogP contribution in [0, 0.1) is 5.82 Å². The number of amides is 1. The van der Waals surface area contributed by atoms with Gasteiger partial charge in [-0.15, -0.1) is 0 Å². The zero-order valence-electron chi connectivity index (χ0n) is 17.7. The van der Waals surface area contributed by atoms with Gasteiger partial charge in [0.15, 0.2) is 11.5 Å². The number of carbonyl (C=O) groups excluding carboxylic acids is 1. The minimum Gasteiger partial charge on any atom is -0.486 e.